The van der Waals surface area contributed by atoms with Crippen molar-refractivity contribution in [3.05, 3.63) is 126 Å². The molecular weight excluding hydrogens is 540 g/mol. The maximum absolute atomic E-state index is 13.6. The quantitative estimate of drug-likeness (QED) is 0.196. The van der Waals surface area contributed by atoms with E-state index in [-0.39, 0.29) is 37.2 Å². The van der Waals surface area contributed by atoms with E-state index in [0.717, 1.165) is 34.4 Å². The molecular formula is C36H36N2O5. The first kappa shape index (κ1) is 29.5. The van der Waals surface area contributed by atoms with Gasteiger partial charge in [-0.1, -0.05) is 73.3 Å². The average Bonchev–Trinajstić information content (AvgIpc) is 3.50. The molecule has 2 unspecified atom stereocenters. The summed E-state index contributed by atoms with van der Waals surface area (Å²) >= 11 is 0. The fourth-order valence-corrected chi connectivity index (χ4v) is 5.28. The number of benzene rings is 4. The first-order valence-corrected chi connectivity index (χ1v) is 14.4. The Hall–Kier alpha value is -5.04. The molecule has 3 N–H and O–H groups in total. The van der Waals surface area contributed by atoms with Crippen LogP contribution in [0.2, 0.25) is 0 Å². The second kappa shape index (κ2) is 13.7. The van der Waals surface area contributed by atoms with E-state index in [9.17, 15) is 9.59 Å². The second-order valence-electron chi connectivity index (χ2n) is 10.7. The first-order chi connectivity index (χ1) is 20.9. The van der Waals surface area contributed by atoms with E-state index in [1.807, 2.05) is 84.9 Å². The van der Waals surface area contributed by atoms with Gasteiger partial charge in [-0.2, -0.15) is 0 Å². The molecule has 0 spiro atoms. The lowest BCUT2D eigenvalue weighted by atomic mass is 9.88. The Balaban J connectivity index is 1.37. The third-order valence-corrected chi connectivity index (χ3v) is 7.62. The zero-order chi connectivity index (χ0) is 30.2. The van der Waals surface area contributed by atoms with Crippen molar-refractivity contribution < 1.29 is 23.8 Å². The van der Waals surface area contributed by atoms with Gasteiger partial charge in [-0.25, -0.2) is 0 Å². The largest absolute Gasteiger partial charge is 0.465 e. The Morgan fingerprint density at radius 1 is 0.860 bits per heavy atom. The van der Waals surface area contributed by atoms with Gasteiger partial charge < -0.3 is 25.3 Å². The molecule has 1 aliphatic rings. The number of hydrogen-bond donors (Lipinski definition) is 2. The lowest BCUT2D eigenvalue weighted by Crippen LogP contribution is -2.43. The lowest BCUT2D eigenvalue weighted by Gasteiger charge is -2.28. The molecule has 2 atom stereocenters. The summed E-state index contributed by atoms with van der Waals surface area (Å²) in [5, 5.41) is 3.27. The molecule has 43 heavy (non-hydrogen) atoms. The number of rotatable bonds is 12. The highest BCUT2D eigenvalue weighted by molar-refractivity contribution is 5.95. The van der Waals surface area contributed by atoms with Crippen LogP contribution < -0.4 is 20.5 Å². The van der Waals surface area contributed by atoms with Crippen molar-refractivity contribution in [2.75, 3.05) is 13.4 Å². The van der Waals surface area contributed by atoms with Gasteiger partial charge in [-0.15, -0.1) is 0 Å². The number of carbonyl (C=O) groups is 2. The topological polar surface area (TPSA) is 99.9 Å². The molecule has 0 radical (unpaired) electrons. The summed E-state index contributed by atoms with van der Waals surface area (Å²) in [5.41, 5.74) is 11.9. The number of carbonyl (C=O) groups excluding carboxylic acids is 2. The summed E-state index contributed by atoms with van der Waals surface area (Å²) in [6.45, 7) is 5.65. The van der Waals surface area contributed by atoms with Gasteiger partial charge in [0.25, 0.3) is 5.91 Å². The van der Waals surface area contributed by atoms with E-state index in [1.54, 1.807) is 0 Å². The Morgan fingerprint density at radius 3 is 2.33 bits per heavy atom. The summed E-state index contributed by atoms with van der Waals surface area (Å²) in [6.07, 6.45) is 2.00. The van der Waals surface area contributed by atoms with Crippen molar-refractivity contribution in [1.29, 1.82) is 0 Å². The van der Waals surface area contributed by atoms with E-state index in [0.29, 0.717) is 29.9 Å². The molecule has 0 bridgehead atoms. The average molecular weight is 577 g/mol. The molecule has 0 saturated carbocycles. The van der Waals surface area contributed by atoms with E-state index in [1.165, 1.54) is 12.5 Å². The predicted molar refractivity (Wildman–Crippen MR) is 168 cm³/mol. The first-order valence-electron chi connectivity index (χ1n) is 14.4. The van der Waals surface area contributed by atoms with Gasteiger partial charge in [0.1, 0.15) is 0 Å². The van der Waals surface area contributed by atoms with Gasteiger partial charge in [0.15, 0.2) is 11.5 Å². The summed E-state index contributed by atoms with van der Waals surface area (Å²) < 4.78 is 16.4. The van der Waals surface area contributed by atoms with Crippen molar-refractivity contribution in [2.24, 2.45) is 11.7 Å². The Morgan fingerprint density at radius 2 is 1.58 bits per heavy atom. The minimum absolute atomic E-state index is 0.173. The predicted octanol–water partition coefficient (Wildman–Crippen LogP) is 6.16. The van der Waals surface area contributed by atoms with Gasteiger partial charge in [-0.05, 0) is 77.4 Å². The standard InChI is InChI=1S/C36H36N2O5/c1-24(37)30-10-6-9-27(19-30)20-32(22-41-25(2)39)33(17-11-26-7-4-3-5-8-26)38-36(40)29-14-12-28(13-15-29)31-16-18-34-35(21-31)43-23-42-34/h3-10,12-16,18-19,21,32-33H,1,11,17,20,22-23,37H2,2H3,(H,38,40). The zero-order valence-electron chi connectivity index (χ0n) is 24.3. The Bertz CT molecular complexity index is 1580. The van der Waals surface area contributed by atoms with Crippen LogP contribution in [0.4, 0.5) is 0 Å². The van der Waals surface area contributed by atoms with Gasteiger partial charge in [0, 0.05) is 30.1 Å². The van der Waals surface area contributed by atoms with Gasteiger partial charge in [0.05, 0.1) is 6.61 Å². The van der Waals surface area contributed by atoms with Crippen LogP contribution in [0.5, 0.6) is 11.5 Å². The van der Waals surface area contributed by atoms with Crippen LogP contribution in [-0.2, 0) is 22.4 Å². The molecule has 7 heteroatoms. The van der Waals surface area contributed by atoms with Crippen molar-refractivity contribution in [2.45, 2.75) is 32.2 Å². The number of nitrogens with two attached hydrogens (primary N) is 1. The van der Waals surface area contributed by atoms with E-state index < -0.39 is 0 Å². The molecule has 5 rings (SSSR count). The Labute approximate surface area is 252 Å². The molecule has 4 aromatic carbocycles. The summed E-state index contributed by atoms with van der Waals surface area (Å²) in [4.78, 5) is 25.5. The van der Waals surface area contributed by atoms with Crippen molar-refractivity contribution in [3.63, 3.8) is 0 Å². The van der Waals surface area contributed by atoms with Crippen LogP contribution in [-0.4, -0.2) is 31.3 Å². The third-order valence-electron chi connectivity index (χ3n) is 7.62. The van der Waals surface area contributed by atoms with E-state index >= 15 is 0 Å². The maximum Gasteiger partial charge on any atom is 0.302 e. The van der Waals surface area contributed by atoms with Crippen molar-refractivity contribution >= 4 is 17.6 Å². The molecule has 220 valence electrons. The molecule has 0 fully saturated rings. The van der Waals surface area contributed by atoms with Crippen LogP contribution in [0.3, 0.4) is 0 Å². The number of hydrogen-bond acceptors (Lipinski definition) is 6. The summed E-state index contributed by atoms with van der Waals surface area (Å²) in [6, 6.07) is 31.0. The zero-order valence-corrected chi connectivity index (χ0v) is 24.3. The minimum atomic E-state index is -0.360. The summed E-state index contributed by atoms with van der Waals surface area (Å²) in [5.74, 6) is 0.712. The van der Waals surface area contributed by atoms with Crippen LogP contribution in [0.25, 0.3) is 16.8 Å². The van der Waals surface area contributed by atoms with Crippen molar-refractivity contribution in [3.8, 4) is 22.6 Å². The molecule has 0 saturated heterocycles. The van der Waals surface area contributed by atoms with E-state index in [4.69, 9.17) is 19.9 Å². The van der Waals surface area contributed by atoms with Gasteiger partial charge in [-0.3, -0.25) is 9.59 Å². The molecule has 4 aromatic rings. The number of ether oxygens (including phenoxy) is 3. The number of nitrogens with one attached hydrogen (secondary N) is 1. The van der Waals surface area contributed by atoms with Crippen LogP contribution in [0.15, 0.2) is 104 Å². The molecule has 0 aliphatic carbocycles. The minimum Gasteiger partial charge on any atom is -0.465 e. The Kier molecular flexibility index (Phi) is 9.42. The molecule has 1 amide bonds. The fraction of sp³-hybridized carbons (Fsp3) is 0.222. The second-order valence-corrected chi connectivity index (χ2v) is 10.7. The normalized spacial score (nSPS) is 13.1. The molecule has 1 heterocycles. The fourth-order valence-electron chi connectivity index (χ4n) is 5.28. The summed E-state index contributed by atoms with van der Waals surface area (Å²) in [7, 11) is 0. The van der Waals surface area contributed by atoms with Gasteiger partial charge in [0.2, 0.25) is 6.79 Å². The van der Waals surface area contributed by atoms with Gasteiger partial charge >= 0.3 is 5.97 Å². The SMILES string of the molecule is C=C(N)c1cccc(CC(COC(C)=O)C(CCc2ccccc2)NC(=O)c2ccc(-c3ccc4c(c3)OCO4)cc2)c1. The number of aryl methyl sites for hydroxylation is 1. The van der Waals surface area contributed by atoms with Crippen molar-refractivity contribution in [1.82, 2.24) is 5.32 Å². The highest BCUT2D eigenvalue weighted by Gasteiger charge is 2.26. The maximum atomic E-state index is 13.6. The number of fused-ring (bicyclic) bond motifs is 1. The van der Waals surface area contributed by atoms with Crippen LogP contribution >= 0.6 is 0 Å². The monoisotopic (exact) mass is 576 g/mol. The highest BCUT2D eigenvalue weighted by Crippen LogP contribution is 2.36. The lowest BCUT2D eigenvalue weighted by molar-refractivity contribution is -0.142. The highest BCUT2D eigenvalue weighted by atomic mass is 16.7. The van der Waals surface area contributed by atoms with Crippen LogP contribution in [0.1, 0.15) is 40.4 Å². The third kappa shape index (κ3) is 7.83. The molecule has 0 aromatic heterocycles. The smallest absolute Gasteiger partial charge is 0.302 e. The molecule has 7 nitrogen and oxygen atoms in total. The number of amides is 1. The van der Waals surface area contributed by atoms with E-state index in [2.05, 4.69) is 24.0 Å². The number of esters is 1. The molecule has 1 aliphatic heterocycles. The van der Waals surface area contributed by atoms with Crippen LogP contribution in [0, 0.1) is 5.92 Å².